The predicted octanol–water partition coefficient (Wildman–Crippen LogP) is 4.73. The van der Waals surface area contributed by atoms with Crippen molar-refractivity contribution < 1.29 is 14.3 Å². The molecule has 2 aromatic heterocycles. The summed E-state index contributed by atoms with van der Waals surface area (Å²) in [6, 6.07) is 20.2. The maximum Gasteiger partial charge on any atom is 0.333 e. The van der Waals surface area contributed by atoms with Crippen molar-refractivity contribution >= 4 is 39.6 Å². The van der Waals surface area contributed by atoms with Crippen molar-refractivity contribution in [3.63, 3.8) is 0 Å². The molecule has 10 heteroatoms. The number of carbonyl (C=O) groups is 1. The molecule has 5 aromatic rings. The van der Waals surface area contributed by atoms with Gasteiger partial charge in [0.2, 0.25) is 0 Å². The molecule has 0 aliphatic carbocycles. The standard InChI is InChI=1S/C27H21FN4O4S/c28-17-5-3-16(4-6-17)15-29-19-9-12-21-22(14-19)31-27(36)32(25(21)33)20-10-7-18(8-11-20)30-24(26(34)35)23-2-1-13-37-23/h1-14,24,29-30H,15H2,(H,31,36)(H,34,35). The van der Waals surface area contributed by atoms with Crippen LogP contribution in [0, 0.1) is 5.82 Å². The maximum atomic E-state index is 13.2. The van der Waals surface area contributed by atoms with Crippen LogP contribution in [0.2, 0.25) is 0 Å². The van der Waals surface area contributed by atoms with E-state index in [4.69, 9.17) is 0 Å². The van der Waals surface area contributed by atoms with Crippen LogP contribution in [0.3, 0.4) is 0 Å². The molecule has 0 spiro atoms. The van der Waals surface area contributed by atoms with E-state index < -0.39 is 23.3 Å². The SMILES string of the molecule is O=C(O)C(Nc1ccc(-n2c(=O)[nH]c3cc(NCc4ccc(F)cc4)ccc3c2=O)cc1)c1cccs1. The summed E-state index contributed by atoms with van der Waals surface area (Å²) in [6.07, 6.45) is 0. The van der Waals surface area contributed by atoms with Gasteiger partial charge in [-0.1, -0.05) is 18.2 Å². The summed E-state index contributed by atoms with van der Waals surface area (Å²) in [5.41, 5.74) is 1.76. The van der Waals surface area contributed by atoms with Crippen LogP contribution in [0.1, 0.15) is 16.5 Å². The van der Waals surface area contributed by atoms with E-state index in [9.17, 15) is 23.9 Å². The van der Waals surface area contributed by atoms with Crippen LogP contribution in [0.5, 0.6) is 0 Å². The number of aromatic nitrogens is 2. The number of aliphatic carboxylic acids is 1. The van der Waals surface area contributed by atoms with Crippen molar-refractivity contribution in [1.29, 1.82) is 0 Å². The summed E-state index contributed by atoms with van der Waals surface area (Å²) in [6.45, 7) is 0.447. The summed E-state index contributed by atoms with van der Waals surface area (Å²) >= 11 is 1.33. The van der Waals surface area contributed by atoms with Gasteiger partial charge in [-0.2, -0.15) is 0 Å². The highest BCUT2D eigenvalue weighted by molar-refractivity contribution is 7.10. The Bertz CT molecular complexity index is 1680. The second-order valence-corrected chi connectivity index (χ2v) is 9.27. The highest BCUT2D eigenvalue weighted by Crippen LogP contribution is 2.24. The number of fused-ring (bicyclic) bond motifs is 1. The normalized spacial score (nSPS) is 11.8. The lowest BCUT2D eigenvalue weighted by atomic mass is 10.2. The van der Waals surface area contributed by atoms with Gasteiger partial charge in [0.1, 0.15) is 5.82 Å². The number of halogens is 1. The number of carboxylic acids is 1. The molecule has 0 radical (unpaired) electrons. The van der Waals surface area contributed by atoms with Crippen molar-refractivity contribution in [2.24, 2.45) is 0 Å². The first kappa shape index (κ1) is 24.0. The van der Waals surface area contributed by atoms with E-state index in [0.717, 1.165) is 10.1 Å². The van der Waals surface area contributed by atoms with Gasteiger partial charge in [0.15, 0.2) is 6.04 Å². The second kappa shape index (κ2) is 10.1. The summed E-state index contributed by atoms with van der Waals surface area (Å²) in [7, 11) is 0. The summed E-state index contributed by atoms with van der Waals surface area (Å²) < 4.78 is 14.1. The van der Waals surface area contributed by atoms with Gasteiger partial charge in [-0.25, -0.2) is 18.5 Å². The summed E-state index contributed by atoms with van der Waals surface area (Å²) in [4.78, 5) is 41.1. The minimum Gasteiger partial charge on any atom is -0.479 e. The summed E-state index contributed by atoms with van der Waals surface area (Å²) in [5.74, 6) is -1.32. The van der Waals surface area contributed by atoms with E-state index in [1.165, 1.54) is 23.5 Å². The minimum atomic E-state index is -1.01. The fraction of sp³-hybridized carbons (Fsp3) is 0.0741. The van der Waals surface area contributed by atoms with E-state index in [2.05, 4.69) is 15.6 Å². The van der Waals surface area contributed by atoms with Crippen LogP contribution < -0.4 is 21.9 Å². The van der Waals surface area contributed by atoms with E-state index in [1.807, 2.05) is 0 Å². The van der Waals surface area contributed by atoms with Crippen molar-refractivity contribution in [1.82, 2.24) is 9.55 Å². The third kappa shape index (κ3) is 5.14. The molecule has 186 valence electrons. The molecule has 2 heterocycles. The number of carboxylic acid groups (broad SMARTS) is 1. The largest absolute Gasteiger partial charge is 0.479 e. The van der Waals surface area contributed by atoms with Gasteiger partial charge in [-0.15, -0.1) is 11.3 Å². The predicted molar refractivity (Wildman–Crippen MR) is 142 cm³/mol. The Kier molecular flexibility index (Phi) is 6.57. The maximum absolute atomic E-state index is 13.2. The molecular weight excluding hydrogens is 495 g/mol. The number of benzene rings is 3. The Hall–Kier alpha value is -4.70. The third-order valence-corrected chi connectivity index (χ3v) is 6.76. The van der Waals surface area contributed by atoms with Crippen molar-refractivity contribution in [3.05, 3.63) is 121 Å². The van der Waals surface area contributed by atoms with E-state index in [1.54, 1.807) is 72.1 Å². The van der Waals surface area contributed by atoms with E-state index in [0.29, 0.717) is 39.4 Å². The first-order valence-corrected chi connectivity index (χ1v) is 12.2. The lowest BCUT2D eigenvalue weighted by Gasteiger charge is -2.15. The second-order valence-electron chi connectivity index (χ2n) is 8.29. The molecule has 0 aliphatic rings. The topological polar surface area (TPSA) is 116 Å². The zero-order valence-electron chi connectivity index (χ0n) is 19.3. The highest BCUT2D eigenvalue weighted by atomic mass is 32.1. The number of aromatic amines is 1. The van der Waals surface area contributed by atoms with Crippen LogP contribution >= 0.6 is 11.3 Å². The number of rotatable bonds is 8. The zero-order chi connectivity index (χ0) is 25.9. The molecule has 0 bridgehead atoms. The van der Waals surface area contributed by atoms with Crippen LogP contribution in [-0.2, 0) is 11.3 Å². The number of H-pyrrole nitrogens is 1. The van der Waals surface area contributed by atoms with Crippen molar-refractivity contribution in [2.45, 2.75) is 12.6 Å². The monoisotopic (exact) mass is 516 g/mol. The van der Waals surface area contributed by atoms with Gasteiger partial charge in [0.05, 0.1) is 16.6 Å². The van der Waals surface area contributed by atoms with Gasteiger partial charge < -0.3 is 20.7 Å². The Morgan fingerprint density at radius 2 is 1.73 bits per heavy atom. The Morgan fingerprint density at radius 3 is 2.41 bits per heavy atom. The molecule has 0 saturated heterocycles. The Balaban J connectivity index is 1.38. The Morgan fingerprint density at radius 1 is 1.00 bits per heavy atom. The summed E-state index contributed by atoms with van der Waals surface area (Å²) in [5, 5.41) is 17.9. The lowest BCUT2D eigenvalue weighted by Crippen LogP contribution is -2.33. The molecule has 8 nitrogen and oxygen atoms in total. The van der Waals surface area contributed by atoms with Crippen molar-refractivity contribution in [2.75, 3.05) is 10.6 Å². The number of thiophene rings is 1. The van der Waals surface area contributed by atoms with Crippen LogP contribution in [0.15, 0.2) is 93.8 Å². The number of anilines is 2. The average molecular weight is 517 g/mol. The van der Waals surface area contributed by atoms with Crippen LogP contribution in [0.4, 0.5) is 15.8 Å². The molecular formula is C27H21FN4O4S. The molecule has 1 unspecified atom stereocenters. The van der Waals surface area contributed by atoms with Crippen molar-refractivity contribution in [3.8, 4) is 5.69 Å². The third-order valence-electron chi connectivity index (χ3n) is 5.82. The molecule has 0 aliphatic heterocycles. The molecule has 0 fully saturated rings. The molecule has 1 atom stereocenters. The highest BCUT2D eigenvalue weighted by Gasteiger charge is 2.20. The van der Waals surface area contributed by atoms with Gasteiger partial charge in [-0.05, 0) is 71.6 Å². The molecule has 5 rings (SSSR count). The van der Waals surface area contributed by atoms with Crippen LogP contribution in [-0.4, -0.2) is 20.6 Å². The quantitative estimate of drug-likeness (QED) is 0.237. The molecule has 3 aromatic carbocycles. The van der Waals surface area contributed by atoms with E-state index >= 15 is 0 Å². The van der Waals surface area contributed by atoms with Gasteiger partial charge in [0.25, 0.3) is 5.56 Å². The van der Waals surface area contributed by atoms with Gasteiger partial charge >= 0.3 is 11.7 Å². The number of hydrogen-bond donors (Lipinski definition) is 4. The molecule has 4 N–H and O–H groups in total. The fourth-order valence-corrected chi connectivity index (χ4v) is 4.72. The number of nitrogens with one attached hydrogen (secondary N) is 3. The fourth-order valence-electron chi connectivity index (χ4n) is 3.95. The number of nitrogens with zero attached hydrogens (tertiary/aromatic N) is 1. The number of hydrogen-bond acceptors (Lipinski definition) is 6. The first-order valence-electron chi connectivity index (χ1n) is 11.3. The minimum absolute atomic E-state index is 0.308. The lowest BCUT2D eigenvalue weighted by molar-refractivity contribution is -0.138. The zero-order valence-corrected chi connectivity index (χ0v) is 20.1. The molecule has 0 saturated carbocycles. The van der Waals surface area contributed by atoms with Gasteiger partial charge in [0, 0.05) is 22.8 Å². The Labute approximate surface area is 213 Å². The smallest absolute Gasteiger partial charge is 0.333 e. The van der Waals surface area contributed by atoms with E-state index in [-0.39, 0.29) is 5.82 Å². The first-order chi connectivity index (χ1) is 17.9. The average Bonchev–Trinajstić information content (AvgIpc) is 3.42. The van der Waals surface area contributed by atoms with Gasteiger partial charge in [-0.3, -0.25) is 4.79 Å². The van der Waals surface area contributed by atoms with Crippen LogP contribution in [0.25, 0.3) is 16.6 Å². The molecule has 37 heavy (non-hydrogen) atoms. The molecule has 0 amide bonds.